The minimum atomic E-state index is -0.0256. The minimum absolute atomic E-state index is 0.0256. The van der Waals surface area contributed by atoms with Gasteiger partial charge in [-0.1, -0.05) is 18.3 Å². The molecular formula is C15H25N7OS. The van der Waals surface area contributed by atoms with Crippen molar-refractivity contribution >= 4 is 27.5 Å². The number of hydrogen-bond acceptors (Lipinski definition) is 8. The van der Waals surface area contributed by atoms with Crippen LogP contribution in [0.4, 0.5) is 10.3 Å². The highest BCUT2D eigenvalue weighted by atomic mass is 32.1. The molecule has 0 bridgehead atoms. The summed E-state index contributed by atoms with van der Waals surface area (Å²) in [6.45, 7) is 3.71. The Balaban J connectivity index is 1.80. The molecule has 132 valence electrons. The van der Waals surface area contributed by atoms with Crippen LogP contribution in [0.1, 0.15) is 32.6 Å². The van der Waals surface area contributed by atoms with E-state index in [1.165, 1.54) is 17.5 Å². The number of aromatic nitrogens is 2. The van der Waals surface area contributed by atoms with Gasteiger partial charge < -0.3 is 27.0 Å². The average molecular weight is 351 g/mol. The summed E-state index contributed by atoms with van der Waals surface area (Å²) in [5, 5.41) is 15.5. The Morgan fingerprint density at radius 2 is 2.08 bits per heavy atom. The zero-order valence-electron chi connectivity index (χ0n) is 13.9. The van der Waals surface area contributed by atoms with E-state index in [1.54, 1.807) is 6.08 Å². The summed E-state index contributed by atoms with van der Waals surface area (Å²) in [5.41, 5.74) is 11.3. The number of nitrogens with zero attached hydrogens (tertiary/aromatic N) is 3. The normalized spacial score (nSPS) is 16.5. The Morgan fingerprint density at radius 3 is 2.75 bits per heavy atom. The van der Waals surface area contributed by atoms with E-state index >= 15 is 0 Å². The smallest absolute Gasteiger partial charge is 0.226 e. The summed E-state index contributed by atoms with van der Waals surface area (Å²) in [7, 11) is 0. The van der Waals surface area contributed by atoms with Gasteiger partial charge in [-0.2, -0.15) is 0 Å². The lowest BCUT2D eigenvalue weighted by Gasteiger charge is -2.33. The fraction of sp³-hybridized carbons (Fsp3) is 0.533. The van der Waals surface area contributed by atoms with Gasteiger partial charge in [0.2, 0.25) is 16.2 Å². The van der Waals surface area contributed by atoms with Gasteiger partial charge >= 0.3 is 0 Å². The second kappa shape index (κ2) is 9.11. The molecule has 9 heteroatoms. The minimum Gasteiger partial charge on any atom is -0.405 e. The van der Waals surface area contributed by atoms with Gasteiger partial charge in [-0.05, 0) is 37.6 Å². The molecule has 6 N–H and O–H groups in total. The SMILES string of the molecule is CCCC(=O)Nc1nnc(NC2CCN(/C(N)=C/C=C\N)CC2)s1. The van der Waals surface area contributed by atoms with Gasteiger partial charge in [0, 0.05) is 25.6 Å². The fourth-order valence-electron chi connectivity index (χ4n) is 2.46. The first-order valence-electron chi connectivity index (χ1n) is 8.11. The number of hydrogen-bond donors (Lipinski definition) is 4. The molecule has 0 aromatic carbocycles. The van der Waals surface area contributed by atoms with Crippen molar-refractivity contribution in [2.24, 2.45) is 11.5 Å². The van der Waals surface area contributed by atoms with Crippen LogP contribution in [0.25, 0.3) is 0 Å². The van der Waals surface area contributed by atoms with Crippen LogP contribution in [-0.4, -0.2) is 40.1 Å². The maximum absolute atomic E-state index is 11.6. The van der Waals surface area contributed by atoms with E-state index in [-0.39, 0.29) is 5.91 Å². The van der Waals surface area contributed by atoms with E-state index in [9.17, 15) is 4.79 Å². The highest BCUT2D eigenvalue weighted by Crippen LogP contribution is 2.23. The predicted molar refractivity (Wildman–Crippen MR) is 97.3 cm³/mol. The highest BCUT2D eigenvalue weighted by Gasteiger charge is 2.20. The summed E-state index contributed by atoms with van der Waals surface area (Å²) in [4.78, 5) is 13.7. The number of carbonyl (C=O) groups excluding carboxylic acids is 1. The van der Waals surface area contributed by atoms with E-state index in [4.69, 9.17) is 11.5 Å². The summed E-state index contributed by atoms with van der Waals surface area (Å²) < 4.78 is 0. The van der Waals surface area contributed by atoms with Crippen molar-refractivity contribution in [3.63, 3.8) is 0 Å². The summed E-state index contributed by atoms with van der Waals surface area (Å²) >= 11 is 1.36. The molecule has 0 spiro atoms. The molecule has 1 fully saturated rings. The van der Waals surface area contributed by atoms with Gasteiger partial charge in [-0.15, -0.1) is 10.2 Å². The maximum Gasteiger partial charge on any atom is 0.226 e. The van der Waals surface area contributed by atoms with Crippen LogP contribution in [0.2, 0.25) is 0 Å². The maximum atomic E-state index is 11.6. The van der Waals surface area contributed by atoms with Crippen LogP contribution < -0.4 is 22.1 Å². The van der Waals surface area contributed by atoms with Crippen LogP contribution in [0.15, 0.2) is 24.2 Å². The summed E-state index contributed by atoms with van der Waals surface area (Å²) in [6.07, 6.45) is 8.23. The van der Waals surface area contributed by atoms with Gasteiger partial charge in [0.25, 0.3) is 0 Å². The first-order chi connectivity index (χ1) is 11.6. The molecule has 1 aromatic rings. The average Bonchev–Trinajstić information content (AvgIpc) is 3.00. The number of likely N-dealkylation sites (tertiary alicyclic amines) is 1. The number of nitrogens with one attached hydrogen (secondary N) is 2. The fourth-order valence-corrected chi connectivity index (χ4v) is 3.19. The molecular weight excluding hydrogens is 326 g/mol. The molecule has 0 atom stereocenters. The molecule has 1 aliphatic rings. The molecule has 2 rings (SSSR count). The molecule has 0 unspecified atom stereocenters. The largest absolute Gasteiger partial charge is 0.405 e. The van der Waals surface area contributed by atoms with E-state index in [2.05, 4.69) is 25.7 Å². The molecule has 2 heterocycles. The van der Waals surface area contributed by atoms with Crippen LogP contribution in [0.5, 0.6) is 0 Å². The standard InChI is InChI=1S/C15H25N7OS/c1-2-4-13(23)19-15-21-20-14(24-15)18-11-6-9-22(10-7-11)12(17)5-3-8-16/h3,5,8,11H,2,4,6-7,9-10,16-17H2,1H3,(H,18,20)(H,19,21,23)/b8-3-,12-5+. The van der Waals surface area contributed by atoms with Crippen LogP contribution >= 0.6 is 11.3 Å². The molecule has 1 saturated heterocycles. The molecule has 8 nitrogen and oxygen atoms in total. The number of allylic oxidation sites excluding steroid dienone is 2. The van der Waals surface area contributed by atoms with E-state index in [0.29, 0.717) is 17.6 Å². The first-order valence-corrected chi connectivity index (χ1v) is 8.93. The lowest BCUT2D eigenvalue weighted by atomic mass is 10.1. The molecule has 0 aliphatic carbocycles. The lowest BCUT2D eigenvalue weighted by molar-refractivity contribution is -0.116. The van der Waals surface area contributed by atoms with Gasteiger partial charge in [-0.25, -0.2) is 0 Å². The van der Waals surface area contributed by atoms with Gasteiger partial charge in [0.1, 0.15) is 0 Å². The third kappa shape index (κ3) is 5.41. The highest BCUT2D eigenvalue weighted by molar-refractivity contribution is 7.19. The lowest BCUT2D eigenvalue weighted by Crippen LogP contribution is -2.40. The van der Waals surface area contributed by atoms with Crippen molar-refractivity contribution in [2.75, 3.05) is 23.7 Å². The predicted octanol–water partition coefficient (Wildman–Crippen LogP) is 1.43. The number of nitrogens with two attached hydrogens (primary N) is 2. The van der Waals surface area contributed by atoms with Crippen LogP contribution in [0, 0.1) is 0 Å². The zero-order chi connectivity index (χ0) is 17.4. The van der Waals surface area contributed by atoms with Crippen molar-refractivity contribution < 1.29 is 4.79 Å². The number of piperidine rings is 1. The summed E-state index contributed by atoms with van der Waals surface area (Å²) in [6, 6.07) is 0.325. The molecule has 0 saturated carbocycles. The van der Waals surface area contributed by atoms with Crippen LogP contribution in [0.3, 0.4) is 0 Å². The third-order valence-corrected chi connectivity index (χ3v) is 4.48. The van der Waals surface area contributed by atoms with Gasteiger partial charge in [0.15, 0.2) is 0 Å². The zero-order valence-corrected chi connectivity index (χ0v) is 14.7. The first kappa shape index (κ1) is 18.1. The number of anilines is 2. The van der Waals surface area contributed by atoms with Crippen molar-refractivity contribution in [1.29, 1.82) is 0 Å². The van der Waals surface area contributed by atoms with Crippen molar-refractivity contribution in [2.45, 2.75) is 38.6 Å². The van der Waals surface area contributed by atoms with E-state index in [0.717, 1.165) is 43.3 Å². The van der Waals surface area contributed by atoms with E-state index in [1.807, 2.05) is 13.0 Å². The molecule has 1 aliphatic heterocycles. The second-order valence-electron chi connectivity index (χ2n) is 5.59. The number of rotatable bonds is 7. The van der Waals surface area contributed by atoms with Crippen molar-refractivity contribution in [1.82, 2.24) is 15.1 Å². The van der Waals surface area contributed by atoms with E-state index < -0.39 is 0 Å². The third-order valence-electron chi connectivity index (χ3n) is 3.71. The number of amides is 1. The molecule has 0 radical (unpaired) electrons. The number of carbonyl (C=O) groups is 1. The Bertz CT molecular complexity index is 590. The molecule has 1 amide bonds. The Labute approximate surface area is 146 Å². The quantitative estimate of drug-likeness (QED) is 0.548. The topological polar surface area (TPSA) is 122 Å². The molecule has 24 heavy (non-hydrogen) atoms. The Morgan fingerprint density at radius 1 is 1.38 bits per heavy atom. The van der Waals surface area contributed by atoms with Crippen molar-refractivity contribution in [3.05, 3.63) is 24.2 Å². The summed E-state index contributed by atoms with van der Waals surface area (Å²) in [5.74, 6) is 0.703. The molecule has 1 aromatic heterocycles. The second-order valence-corrected chi connectivity index (χ2v) is 6.57. The van der Waals surface area contributed by atoms with Gasteiger partial charge in [0.05, 0.1) is 5.82 Å². The Hall–Kier alpha value is -2.29. The van der Waals surface area contributed by atoms with Gasteiger partial charge in [-0.3, -0.25) is 4.79 Å². The monoisotopic (exact) mass is 351 g/mol. The van der Waals surface area contributed by atoms with Crippen molar-refractivity contribution in [3.8, 4) is 0 Å². The van der Waals surface area contributed by atoms with Crippen LogP contribution in [-0.2, 0) is 4.79 Å². The Kier molecular flexibility index (Phi) is 6.86.